The predicted molar refractivity (Wildman–Crippen MR) is 133 cm³/mol. The minimum atomic E-state index is -0.279. The third-order valence-electron chi connectivity index (χ3n) is 6.17. The molecule has 0 bridgehead atoms. The molecule has 0 radical (unpaired) electrons. The van der Waals surface area contributed by atoms with Gasteiger partial charge in [-0.1, -0.05) is 47.6 Å². The number of carbonyl (C=O) groups is 2. The summed E-state index contributed by atoms with van der Waals surface area (Å²) in [5, 5.41) is 9.87. The quantitative estimate of drug-likeness (QED) is 0.386. The van der Waals surface area contributed by atoms with Crippen LogP contribution in [-0.2, 0) is 17.9 Å². The Morgan fingerprint density at radius 1 is 1.03 bits per heavy atom. The van der Waals surface area contributed by atoms with Gasteiger partial charge in [-0.05, 0) is 43.7 Å². The summed E-state index contributed by atoms with van der Waals surface area (Å²) < 4.78 is 10.7. The van der Waals surface area contributed by atoms with Gasteiger partial charge in [0.05, 0.1) is 36.5 Å². The van der Waals surface area contributed by atoms with E-state index in [1.54, 1.807) is 42.7 Å². The largest absolute Gasteiger partial charge is 0.467 e. The summed E-state index contributed by atoms with van der Waals surface area (Å²) in [5.74, 6) is 1.13. The Labute approximate surface area is 208 Å². The maximum atomic E-state index is 13.1. The highest BCUT2D eigenvalue weighted by Gasteiger charge is 2.28. The molecular weight excluding hydrogens is 458 g/mol. The molecule has 184 valence electrons. The number of piperidine rings is 1. The Hall–Kier alpha value is -4.24. The van der Waals surface area contributed by atoms with Gasteiger partial charge in [-0.25, -0.2) is 0 Å². The first-order chi connectivity index (χ1) is 17.7. The van der Waals surface area contributed by atoms with Crippen LogP contribution in [-0.4, -0.2) is 39.9 Å². The molecule has 2 N–H and O–H groups in total. The van der Waals surface area contributed by atoms with Crippen molar-refractivity contribution in [3.8, 4) is 11.4 Å². The summed E-state index contributed by atoms with van der Waals surface area (Å²) in [6.07, 6.45) is 3.21. The second-order valence-electron chi connectivity index (χ2n) is 8.75. The van der Waals surface area contributed by atoms with E-state index in [0.29, 0.717) is 41.8 Å². The first kappa shape index (κ1) is 23.5. The number of nitrogens with zero attached hydrogens (tertiary/aromatic N) is 3. The zero-order valence-corrected chi connectivity index (χ0v) is 19.7. The van der Waals surface area contributed by atoms with E-state index in [2.05, 4.69) is 25.7 Å². The number of nitrogens with one attached hydrogen (secondary N) is 2. The van der Waals surface area contributed by atoms with Crippen LogP contribution < -0.4 is 10.6 Å². The zero-order chi connectivity index (χ0) is 24.7. The molecule has 2 amide bonds. The Balaban J connectivity index is 1.19. The fourth-order valence-corrected chi connectivity index (χ4v) is 4.33. The average Bonchev–Trinajstić information content (AvgIpc) is 3.61. The van der Waals surface area contributed by atoms with Crippen molar-refractivity contribution in [3.63, 3.8) is 0 Å². The lowest BCUT2D eigenvalue weighted by molar-refractivity contribution is -0.121. The second-order valence-corrected chi connectivity index (χ2v) is 8.75. The van der Waals surface area contributed by atoms with E-state index in [-0.39, 0.29) is 24.3 Å². The maximum Gasteiger partial charge on any atom is 0.253 e. The van der Waals surface area contributed by atoms with Crippen LogP contribution in [0.25, 0.3) is 11.4 Å². The smallest absolute Gasteiger partial charge is 0.253 e. The Kier molecular flexibility index (Phi) is 7.18. The number of carbonyl (C=O) groups excluding carboxylic acids is 2. The molecule has 1 fully saturated rings. The molecular formula is C27H27N5O4. The van der Waals surface area contributed by atoms with Crippen LogP contribution in [0.4, 0.5) is 5.69 Å². The number of hydrogen-bond acceptors (Lipinski definition) is 7. The monoisotopic (exact) mass is 485 g/mol. The van der Waals surface area contributed by atoms with E-state index in [1.807, 2.05) is 30.3 Å². The lowest BCUT2D eigenvalue weighted by Crippen LogP contribution is -2.40. The van der Waals surface area contributed by atoms with Crippen molar-refractivity contribution in [2.45, 2.75) is 25.9 Å². The lowest BCUT2D eigenvalue weighted by atomic mass is 9.96. The van der Waals surface area contributed by atoms with Gasteiger partial charge in [0.1, 0.15) is 5.76 Å². The molecule has 2 aromatic heterocycles. The van der Waals surface area contributed by atoms with Crippen molar-refractivity contribution in [2.75, 3.05) is 18.4 Å². The standard InChI is InChI=1S/C27H27N5O4/c33-26(29-23-13-5-4-12-22(23)27(34)28-16-21-11-7-15-35-21)20-10-6-14-32(17-20)18-24-30-25(31-36-24)19-8-2-1-3-9-19/h1-5,7-9,11-13,15,20H,6,10,14,16-18H2,(H,28,34)(H,29,33). The first-order valence-corrected chi connectivity index (χ1v) is 12.0. The topological polar surface area (TPSA) is 114 Å². The molecule has 9 heteroatoms. The van der Waals surface area contributed by atoms with Crippen LogP contribution in [0.5, 0.6) is 0 Å². The summed E-state index contributed by atoms with van der Waals surface area (Å²) in [6, 6.07) is 20.2. The van der Waals surface area contributed by atoms with Crippen LogP contribution in [0.3, 0.4) is 0 Å². The van der Waals surface area contributed by atoms with Crippen molar-refractivity contribution in [1.82, 2.24) is 20.4 Å². The third kappa shape index (κ3) is 5.69. The fourth-order valence-electron chi connectivity index (χ4n) is 4.33. The molecule has 0 saturated carbocycles. The summed E-state index contributed by atoms with van der Waals surface area (Å²) in [4.78, 5) is 32.5. The Morgan fingerprint density at radius 2 is 1.86 bits per heavy atom. The minimum Gasteiger partial charge on any atom is -0.467 e. The fraction of sp³-hybridized carbons (Fsp3) is 0.259. The molecule has 36 heavy (non-hydrogen) atoms. The van der Waals surface area contributed by atoms with Crippen LogP contribution in [0.2, 0.25) is 0 Å². The second kappa shape index (κ2) is 11.0. The number of furan rings is 1. The first-order valence-electron chi connectivity index (χ1n) is 12.0. The van der Waals surface area contributed by atoms with Gasteiger partial charge in [0.15, 0.2) is 0 Å². The third-order valence-corrected chi connectivity index (χ3v) is 6.17. The van der Waals surface area contributed by atoms with Gasteiger partial charge in [-0.3, -0.25) is 14.5 Å². The van der Waals surface area contributed by atoms with Crippen molar-refractivity contribution >= 4 is 17.5 Å². The SMILES string of the molecule is O=C(NCc1ccco1)c1ccccc1NC(=O)C1CCCN(Cc2nc(-c3ccccc3)no2)C1. The van der Waals surface area contributed by atoms with Crippen molar-refractivity contribution in [2.24, 2.45) is 5.92 Å². The van der Waals surface area contributed by atoms with E-state index in [1.165, 1.54) is 0 Å². The van der Waals surface area contributed by atoms with E-state index in [0.717, 1.165) is 24.9 Å². The molecule has 3 heterocycles. The molecule has 1 atom stereocenters. The van der Waals surface area contributed by atoms with Crippen LogP contribution >= 0.6 is 0 Å². The molecule has 5 rings (SSSR count). The number of aromatic nitrogens is 2. The maximum absolute atomic E-state index is 13.1. The molecule has 4 aromatic rings. The molecule has 2 aromatic carbocycles. The number of benzene rings is 2. The normalized spacial score (nSPS) is 15.9. The van der Waals surface area contributed by atoms with E-state index < -0.39 is 0 Å². The van der Waals surface area contributed by atoms with Crippen molar-refractivity contribution in [3.05, 3.63) is 90.2 Å². The highest BCUT2D eigenvalue weighted by atomic mass is 16.5. The van der Waals surface area contributed by atoms with Gasteiger partial charge in [-0.15, -0.1) is 0 Å². The highest BCUT2D eigenvalue weighted by Crippen LogP contribution is 2.23. The summed E-state index contributed by atoms with van der Waals surface area (Å²) in [6.45, 7) is 2.17. The van der Waals surface area contributed by atoms with Crippen molar-refractivity contribution in [1.29, 1.82) is 0 Å². The van der Waals surface area contributed by atoms with Crippen LogP contribution in [0.1, 0.15) is 34.9 Å². The van der Waals surface area contributed by atoms with E-state index in [9.17, 15) is 9.59 Å². The van der Waals surface area contributed by atoms with Crippen LogP contribution in [0.15, 0.2) is 81.9 Å². The van der Waals surface area contributed by atoms with E-state index in [4.69, 9.17) is 8.94 Å². The molecule has 1 aliphatic rings. The number of amides is 2. The van der Waals surface area contributed by atoms with Gasteiger partial charge < -0.3 is 19.6 Å². The molecule has 0 spiro atoms. The van der Waals surface area contributed by atoms with Gasteiger partial charge >= 0.3 is 0 Å². The number of rotatable bonds is 8. The molecule has 9 nitrogen and oxygen atoms in total. The van der Waals surface area contributed by atoms with Gasteiger partial charge in [0.2, 0.25) is 17.6 Å². The van der Waals surface area contributed by atoms with Crippen molar-refractivity contribution < 1.29 is 18.5 Å². The number of likely N-dealkylation sites (tertiary alicyclic amines) is 1. The number of para-hydroxylation sites is 1. The predicted octanol–water partition coefficient (Wildman–Crippen LogP) is 4.11. The zero-order valence-electron chi connectivity index (χ0n) is 19.7. The molecule has 1 saturated heterocycles. The minimum absolute atomic E-state index is 0.110. The molecule has 1 aliphatic heterocycles. The highest BCUT2D eigenvalue weighted by molar-refractivity contribution is 6.04. The summed E-state index contributed by atoms with van der Waals surface area (Å²) in [5.41, 5.74) is 1.79. The average molecular weight is 486 g/mol. The Bertz CT molecular complexity index is 1300. The summed E-state index contributed by atoms with van der Waals surface area (Å²) in [7, 11) is 0. The van der Waals surface area contributed by atoms with Gasteiger partial charge in [-0.2, -0.15) is 4.98 Å². The molecule has 1 unspecified atom stereocenters. The Morgan fingerprint density at radius 3 is 2.69 bits per heavy atom. The molecule has 0 aliphatic carbocycles. The lowest BCUT2D eigenvalue weighted by Gasteiger charge is -2.31. The number of anilines is 1. The van der Waals surface area contributed by atoms with Gasteiger partial charge in [0, 0.05) is 12.1 Å². The summed E-state index contributed by atoms with van der Waals surface area (Å²) >= 11 is 0. The van der Waals surface area contributed by atoms with Crippen LogP contribution in [0, 0.1) is 5.92 Å². The number of hydrogen-bond donors (Lipinski definition) is 2. The van der Waals surface area contributed by atoms with Gasteiger partial charge in [0.25, 0.3) is 5.91 Å². The van der Waals surface area contributed by atoms with E-state index >= 15 is 0 Å².